The molecule has 1 saturated heterocycles. The Balaban J connectivity index is 1.19. The Labute approximate surface area is 180 Å². The van der Waals surface area contributed by atoms with Gasteiger partial charge in [-0.2, -0.15) is 0 Å². The maximum atomic E-state index is 12.9. The molecule has 1 atom stereocenters. The van der Waals surface area contributed by atoms with Gasteiger partial charge in [-0.1, -0.05) is 30.3 Å². The number of hydrogen-bond donors (Lipinski definition) is 0. The molecular formula is C24H25N3O4. The minimum Gasteiger partial charge on any atom is -0.485 e. The molecule has 1 fully saturated rings. The predicted molar refractivity (Wildman–Crippen MR) is 116 cm³/mol. The average Bonchev–Trinajstić information content (AvgIpc) is 3.13. The van der Waals surface area contributed by atoms with E-state index in [1.165, 1.54) is 0 Å². The van der Waals surface area contributed by atoms with Gasteiger partial charge < -0.3 is 23.8 Å². The zero-order valence-corrected chi connectivity index (χ0v) is 17.5. The number of carbonyl (C=O) groups excluding carboxylic acids is 2. The summed E-state index contributed by atoms with van der Waals surface area (Å²) in [4.78, 5) is 29.4. The molecule has 1 aromatic heterocycles. The molecule has 7 heteroatoms. The number of aromatic nitrogens is 1. The van der Waals surface area contributed by atoms with Gasteiger partial charge >= 0.3 is 0 Å². The lowest BCUT2D eigenvalue weighted by Crippen LogP contribution is -2.55. The molecule has 0 spiro atoms. The minimum absolute atomic E-state index is 0.0720. The van der Waals surface area contributed by atoms with E-state index in [4.69, 9.17) is 9.47 Å². The highest BCUT2D eigenvalue weighted by molar-refractivity contribution is 5.85. The summed E-state index contributed by atoms with van der Waals surface area (Å²) in [6.07, 6.45) is -0.647. The van der Waals surface area contributed by atoms with Crippen molar-refractivity contribution in [2.75, 3.05) is 32.8 Å². The second-order valence-electron chi connectivity index (χ2n) is 8.00. The number of rotatable bonds is 3. The van der Waals surface area contributed by atoms with Gasteiger partial charge in [0.1, 0.15) is 13.2 Å². The number of para-hydroxylation sites is 3. The summed E-state index contributed by atoms with van der Waals surface area (Å²) in [5.74, 6) is 1.24. The first-order valence-electron chi connectivity index (χ1n) is 10.6. The minimum atomic E-state index is -0.647. The van der Waals surface area contributed by atoms with E-state index in [9.17, 15) is 9.59 Å². The maximum absolute atomic E-state index is 12.9. The van der Waals surface area contributed by atoms with Crippen LogP contribution in [0.25, 0.3) is 10.9 Å². The van der Waals surface area contributed by atoms with Crippen molar-refractivity contribution in [2.24, 2.45) is 0 Å². The van der Waals surface area contributed by atoms with Gasteiger partial charge in [0.25, 0.3) is 5.91 Å². The van der Waals surface area contributed by atoms with Gasteiger partial charge in [0.2, 0.25) is 12.0 Å². The third-order valence-electron chi connectivity index (χ3n) is 6.04. The first kappa shape index (κ1) is 19.5. The van der Waals surface area contributed by atoms with Crippen LogP contribution in [0.15, 0.2) is 54.6 Å². The number of aryl methyl sites for hydroxylation is 1. The summed E-state index contributed by atoms with van der Waals surface area (Å²) >= 11 is 0. The Morgan fingerprint density at radius 2 is 1.61 bits per heavy atom. The van der Waals surface area contributed by atoms with Crippen molar-refractivity contribution in [3.63, 3.8) is 0 Å². The molecule has 2 aliphatic heterocycles. The van der Waals surface area contributed by atoms with E-state index in [-0.39, 0.29) is 18.4 Å². The lowest BCUT2D eigenvalue weighted by molar-refractivity contribution is -0.146. The second-order valence-corrected chi connectivity index (χ2v) is 8.00. The van der Waals surface area contributed by atoms with Crippen LogP contribution in [-0.4, -0.2) is 65.1 Å². The molecule has 5 rings (SSSR count). The third kappa shape index (κ3) is 3.71. The third-order valence-corrected chi connectivity index (χ3v) is 6.04. The van der Waals surface area contributed by atoms with E-state index in [1.54, 1.807) is 11.0 Å². The number of hydrogen-bond acceptors (Lipinski definition) is 4. The number of carbonyl (C=O) groups is 2. The lowest BCUT2D eigenvalue weighted by atomic mass is 10.2. The van der Waals surface area contributed by atoms with Crippen LogP contribution in [0.4, 0.5) is 0 Å². The van der Waals surface area contributed by atoms with Crippen LogP contribution in [0.1, 0.15) is 5.69 Å². The molecule has 0 N–H and O–H groups in total. The highest BCUT2D eigenvalue weighted by Crippen LogP contribution is 2.31. The van der Waals surface area contributed by atoms with Crippen molar-refractivity contribution in [2.45, 2.75) is 19.6 Å². The predicted octanol–water partition coefficient (Wildman–Crippen LogP) is 2.46. The number of piperazine rings is 1. The highest BCUT2D eigenvalue weighted by Gasteiger charge is 2.33. The summed E-state index contributed by atoms with van der Waals surface area (Å²) in [6, 6.07) is 17.6. The fourth-order valence-corrected chi connectivity index (χ4v) is 4.31. The Morgan fingerprint density at radius 1 is 0.935 bits per heavy atom. The second kappa shape index (κ2) is 7.98. The number of benzene rings is 2. The molecule has 2 aliphatic rings. The molecule has 3 heterocycles. The summed E-state index contributed by atoms with van der Waals surface area (Å²) in [7, 11) is 0. The smallest absolute Gasteiger partial charge is 0.267 e. The number of amides is 2. The van der Waals surface area contributed by atoms with E-state index in [1.807, 2.05) is 48.2 Å². The molecule has 2 aromatic carbocycles. The van der Waals surface area contributed by atoms with E-state index < -0.39 is 6.10 Å². The molecule has 3 aromatic rings. The zero-order valence-electron chi connectivity index (χ0n) is 17.5. The van der Waals surface area contributed by atoms with Crippen LogP contribution in [-0.2, 0) is 16.1 Å². The monoisotopic (exact) mass is 419 g/mol. The van der Waals surface area contributed by atoms with Gasteiger partial charge in [-0.15, -0.1) is 0 Å². The fraction of sp³-hybridized carbons (Fsp3) is 0.333. The molecule has 0 saturated carbocycles. The Morgan fingerprint density at radius 3 is 2.42 bits per heavy atom. The largest absolute Gasteiger partial charge is 0.485 e. The average molecular weight is 419 g/mol. The van der Waals surface area contributed by atoms with E-state index in [2.05, 4.69) is 16.7 Å². The molecule has 0 bridgehead atoms. The van der Waals surface area contributed by atoms with Crippen molar-refractivity contribution in [3.05, 3.63) is 60.3 Å². The van der Waals surface area contributed by atoms with Gasteiger partial charge in [-0.3, -0.25) is 9.59 Å². The quantitative estimate of drug-likeness (QED) is 0.654. The van der Waals surface area contributed by atoms with Gasteiger partial charge in [0.05, 0.1) is 0 Å². The molecule has 31 heavy (non-hydrogen) atoms. The first-order chi connectivity index (χ1) is 15.1. The molecule has 160 valence electrons. The van der Waals surface area contributed by atoms with Crippen LogP contribution >= 0.6 is 0 Å². The Hall–Kier alpha value is -3.48. The summed E-state index contributed by atoms with van der Waals surface area (Å²) in [5, 5.41) is 1.14. The van der Waals surface area contributed by atoms with Gasteiger partial charge in [-0.25, -0.2) is 0 Å². The molecular weight excluding hydrogens is 394 g/mol. The molecule has 0 unspecified atom stereocenters. The standard InChI is InChI=1S/C24H25N3O4/c1-17-14-18-6-2-3-7-19(18)27(17)15-23(28)25-10-12-26(13-11-25)24(29)22-16-30-20-8-4-5-9-21(20)31-22/h2-9,14,22H,10-13,15-16H2,1H3/t22-/m1/s1. The summed E-state index contributed by atoms with van der Waals surface area (Å²) in [6.45, 7) is 4.57. The van der Waals surface area contributed by atoms with Crippen LogP contribution in [0.5, 0.6) is 11.5 Å². The van der Waals surface area contributed by atoms with Gasteiger partial charge in [0.15, 0.2) is 11.5 Å². The maximum Gasteiger partial charge on any atom is 0.267 e. The van der Waals surface area contributed by atoms with Crippen LogP contribution < -0.4 is 9.47 Å². The highest BCUT2D eigenvalue weighted by atomic mass is 16.6. The SMILES string of the molecule is Cc1cc2ccccc2n1CC(=O)N1CCN(C(=O)[C@H]2COc3ccccc3O2)CC1. The van der Waals surface area contributed by atoms with Crippen molar-refractivity contribution in [1.29, 1.82) is 0 Å². The summed E-state index contributed by atoms with van der Waals surface area (Å²) < 4.78 is 13.6. The Kier molecular flexibility index (Phi) is 5.02. The van der Waals surface area contributed by atoms with Gasteiger partial charge in [-0.05, 0) is 36.6 Å². The number of nitrogens with zero attached hydrogens (tertiary/aromatic N) is 3. The number of ether oxygens (including phenoxy) is 2. The molecule has 2 amide bonds. The van der Waals surface area contributed by atoms with Crippen molar-refractivity contribution >= 4 is 22.7 Å². The topological polar surface area (TPSA) is 64.0 Å². The number of fused-ring (bicyclic) bond motifs is 2. The van der Waals surface area contributed by atoms with Crippen molar-refractivity contribution < 1.29 is 19.1 Å². The van der Waals surface area contributed by atoms with Crippen molar-refractivity contribution in [1.82, 2.24) is 14.4 Å². The molecule has 0 radical (unpaired) electrons. The fourth-order valence-electron chi connectivity index (χ4n) is 4.31. The van der Waals surface area contributed by atoms with Crippen molar-refractivity contribution in [3.8, 4) is 11.5 Å². The zero-order chi connectivity index (χ0) is 21.4. The molecule has 0 aliphatic carbocycles. The van der Waals surface area contributed by atoms with E-state index in [0.717, 1.165) is 16.6 Å². The van der Waals surface area contributed by atoms with Crippen LogP contribution in [0.2, 0.25) is 0 Å². The summed E-state index contributed by atoms with van der Waals surface area (Å²) in [5.41, 5.74) is 2.13. The van der Waals surface area contributed by atoms with E-state index >= 15 is 0 Å². The normalized spacial score (nSPS) is 18.3. The van der Waals surface area contributed by atoms with Gasteiger partial charge in [0, 0.05) is 37.4 Å². The Bertz CT molecular complexity index is 1130. The first-order valence-corrected chi connectivity index (χ1v) is 10.6. The van der Waals surface area contributed by atoms with Crippen LogP contribution in [0, 0.1) is 6.92 Å². The van der Waals surface area contributed by atoms with E-state index in [0.29, 0.717) is 44.2 Å². The lowest BCUT2D eigenvalue weighted by Gasteiger charge is -2.37. The van der Waals surface area contributed by atoms with Crippen LogP contribution in [0.3, 0.4) is 0 Å². The molecule has 7 nitrogen and oxygen atoms in total.